The van der Waals surface area contributed by atoms with Crippen molar-refractivity contribution in [2.75, 3.05) is 17.2 Å². The van der Waals surface area contributed by atoms with E-state index in [-0.39, 0.29) is 5.91 Å². The maximum atomic E-state index is 11.8. The monoisotopic (exact) mass is 328 g/mol. The third-order valence-electron chi connectivity index (χ3n) is 2.74. The number of hydrogen-bond donors (Lipinski definition) is 2. The highest BCUT2D eigenvalue weighted by atomic mass is 16.5. The number of nitrogens with one attached hydrogen (secondary N) is 2. The molecular weight excluding hydrogens is 312 g/mol. The molecule has 1 heterocycles. The van der Waals surface area contributed by atoms with Crippen LogP contribution in [0.2, 0.25) is 0 Å². The molecule has 0 fully saturated rings. The predicted molar refractivity (Wildman–Crippen MR) is 88.1 cm³/mol. The van der Waals surface area contributed by atoms with Crippen LogP contribution in [0.1, 0.15) is 12.7 Å². The van der Waals surface area contributed by atoms with Gasteiger partial charge in [0.25, 0.3) is 5.91 Å². The van der Waals surface area contributed by atoms with E-state index in [1.165, 1.54) is 25.3 Å². The molecule has 2 N–H and O–H groups in total. The fourth-order valence-electron chi connectivity index (χ4n) is 1.80. The maximum Gasteiger partial charge on any atom is 0.331 e. The van der Waals surface area contributed by atoms with Crippen molar-refractivity contribution < 1.29 is 23.5 Å². The van der Waals surface area contributed by atoms with Gasteiger partial charge in [-0.05, 0) is 36.4 Å². The Morgan fingerprint density at radius 3 is 2.54 bits per heavy atom. The molecule has 0 aliphatic heterocycles. The molecule has 0 saturated carbocycles. The lowest BCUT2D eigenvalue weighted by Gasteiger charge is -2.07. The third kappa shape index (κ3) is 5.80. The normalized spacial score (nSPS) is 10.4. The first-order chi connectivity index (χ1) is 11.5. The molecule has 0 bridgehead atoms. The molecule has 7 nitrogen and oxygen atoms in total. The molecule has 0 atom stereocenters. The van der Waals surface area contributed by atoms with Crippen molar-refractivity contribution in [3.63, 3.8) is 0 Å². The Morgan fingerprint density at radius 2 is 1.88 bits per heavy atom. The highest BCUT2D eigenvalue weighted by Crippen LogP contribution is 2.14. The summed E-state index contributed by atoms with van der Waals surface area (Å²) >= 11 is 0. The lowest BCUT2D eigenvalue weighted by atomic mass is 10.2. The standard InChI is InChI=1S/C17H16N2O5/c1-12(20)18-13-4-2-5-14(10-13)19-16(21)11-24-17(22)8-7-15-6-3-9-23-15/h2-10H,11H2,1H3,(H,18,20)(H,19,21)/b8-7+. The molecule has 7 heteroatoms. The van der Waals surface area contributed by atoms with E-state index < -0.39 is 18.5 Å². The number of ether oxygens (including phenoxy) is 1. The summed E-state index contributed by atoms with van der Waals surface area (Å²) in [5.74, 6) is -0.856. The molecule has 0 unspecified atom stereocenters. The van der Waals surface area contributed by atoms with Gasteiger partial charge in [-0.15, -0.1) is 0 Å². The van der Waals surface area contributed by atoms with Gasteiger partial charge in [-0.25, -0.2) is 4.79 Å². The largest absolute Gasteiger partial charge is 0.465 e. The minimum Gasteiger partial charge on any atom is -0.465 e. The number of amides is 2. The van der Waals surface area contributed by atoms with Gasteiger partial charge in [0.1, 0.15) is 5.76 Å². The van der Waals surface area contributed by atoms with Gasteiger partial charge >= 0.3 is 5.97 Å². The average molecular weight is 328 g/mol. The molecule has 2 aromatic rings. The SMILES string of the molecule is CC(=O)Nc1cccc(NC(=O)COC(=O)/C=C/c2ccco2)c1. The van der Waals surface area contributed by atoms with E-state index in [9.17, 15) is 14.4 Å². The van der Waals surface area contributed by atoms with E-state index in [0.717, 1.165) is 0 Å². The maximum absolute atomic E-state index is 11.8. The smallest absolute Gasteiger partial charge is 0.331 e. The van der Waals surface area contributed by atoms with Gasteiger partial charge in [-0.1, -0.05) is 6.07 Å². The van der Waals surface area contributed by atoms with E-state index in [0.29, 0.717) is 17.1 Å². The van der Waals surface area contributed by atoms with Gasteiger partial charge in [0, 0.05) is 24.4 Å². The van der Waals surface area contributed by atoms with Crippen LogP contribution in [0.3, 0.4) is 0 Å². The van der Waals surface area contributed by atoms with Crippen LogP contribution >= 0.6 is 0 Å². The fourth-order valence-corrected chi connectivity index (χ4v) is 1.80. The Hall–Kier alpha value is -3.35. The van der Waals surface area contributed by atoms with Crippen LogP contribution < -0.4 is 10.6 Å². The molecule has 2 amide bonds. The quantitative estimate of drug-likeness (QED) is 0.627. The van der Waals surface area contributed by atoms with Crippen LogP contribution in [-0.2, 0) is 19.1 Å². The van der Waals surface area contributed by atoms with Crippen LogP contribution in [0.4, 0.5) is 11.4 Å². The summed E-state index contributed by atoms with van der Waals surface area (Å²) in [7, 11) is 0. The number of carbonyl (C=O) groups is 3. The molecule has 24 heavy (non-hydrogen) atoms. The van der Waals surface area contributed by atoms with Crippen LogP contribution in [0.15, 0.2) is 53.2 Å². The van der Waals surface area contributed by atoms with Crippen LogP contribution in [0, 0.1) is 0 Å². The zero-order valence-corrected chi connectivity index (χ0v) is 12.9. The highest BCUT2D eigenvalue weighted by Gasteiger charge is 2.06. The number of benzene rings is 1. The minimum absolute atomic E-state index is 0.212. The zero-order chi connectivity index (χ0) is 17.4. The van der Waals surface area contributed by atoms with Crippen LogP contribution in [0.25, 0.3) is 6.08 Å². The Balaban J connectivity index is 1.80. The van der Waals surface area contributed by atoms with Crippen LogP contribution in [-0.4, -0.2) is 24.4 Å². The summed E-state index contributed by atoms with van der Waals surface area (Å²) in [5, 5.41) is 5.18. The van der Waals surface area contributed by atoms with E-state index in [1.807, 2.05) is 0 Å². The number of furan rings is 1. The van der Waals surface area contributed by atoms with Gasteiger partial charge in [0.05, 0.1) is 6.26 Å². The van der Waals surface area contributed by atoms with Gasteiger partial charge in [-0.2, -0.15) is 0 Å². The number of hydrogen-bond acceptors (Lipinski definition) is 5. The summed E-state index contributed by atoms with van der Waals surface area (Å²) in [4.78, 5) is 34.3. The van der Waals surface area contributed by atoms with Crippen LogP contribution in [0.5, 0.6) is 0 Å². The van der Waals surface area contributed by atoms with Crippen molar-refractivity contribution in [1.82, 2.24) is 0 Å². The summed E-state index contributed by atoms with van der Waals surface area (Å²) in [5.41, 5.74) is 1.03. The molecule has 2 rings (SSSR count). The van der Waals surface area contributed by atoms with Gasteiger partial charge in [-0.3, -0.25) is 9.59 Å². The van der Waals surface area contributed by atoms with Crippen molar-refractivity contribution in [1.29, 1.82) is 0 Å². The topological polar surface area (TPSA) is 97.6 Å². The molecule has 0 spiro atoms. The minimum atomic E-state index is -0.659. The number of esters is 1. The summed E-state index contributed by atoms with van der Waals surface area (Å²) in [6.45, 7) is 0.965. The highest BCUT2D eigenvalue weighted by molar-refractivity contribution is 5.95. The van der Waals surface area contributed by atoms with E-state index >= 15 is 0 Å². The number of rotatable bonds is 6. The van der Waals surface area contributed by atoms with E-state index in [1.54, 1.807) is 36.4 Å². The molecule has 124 valence electrons. The van der Waals surface area contributed by atoms with Crippen molar-refractivity contribution in [2.45, 2.75) is 6.92 Å². The lowest BCUT2D eigenvalue weighted by molar-refractivity contribution is -0.142. The molecule has 0 aliphatic carbocycles. The first-order valence-electron chi connectivity index (χ1n) is 7.09. The van der Waals surface area contributed by atoms with Crippen molar-refractivity contribution in [3.8, 4) is 0 Å². The van der Waals surface area contributed by atoms with Gasteiger partial charge < -0.3 is 19.8 Å². The van der Waals surface area contributed by atoms with Crippen molar-refractivity contribution in [2.24, 2.45) is 0 Å². The Labute approximate surface area is 138 Å². The third-order valence-corrected chi connectivity index (χ3v) is 2.74. The first kappa shape index (κ1) is 17.0. The second-order valence-corrected chi connectivity index (χ2v) is 4.77. The number of carbonyl (C=O) groups excluding carboxylic acids is 3. The molecule has 1 aromatic carbocycles. The Morgan fingerprint density at radius 1 is 1.12 bits per heavy atom. The van der Waals surface area contributed by atoms with Gasteiger partial charge in [0.2, 0.25) is 5.91 Å². The summed E-state index contributed by atoms with van der Waals surface area (Å²) < 4.78 is 9.84. The number of anilines is 2. The average Bonchev–Trinajstić information content (AvgIpc) is 3.04. The first-order valence-corrected chi connectivity index (χ1v) is 7.09. The Bertz CT molecular complexity index is 750. The van der Waals surface area contributed by atoms with E-state index in [2.05, 4.69) is 10.6 Å². The second-order valence-electron chi connectivity index (χ2n) is 4.77. The lowest BCUT2D eigenvalue weighted by Crippen LogP contribution is -2.20. The van der Waals surface area contributed by atoms with Gasteiger partial charge in [0.15, 0.2) is 6.61 Å². The van der Waals surface area contributed by atoms with Crippen molar-refractivity contribution in [3.05, 3.63) is 54.5 Å². The summed E-state index contributed by atoms with van der Waals surface area (Å²) in [6, 6.07) is 9.99. The molecule has 0 aliphatic rings. The molecule has 1 aromatic heterocycles. The van der Waals surface area contributed by atoms with Crippen molar-refractivity contribution >= 4 is 35.2 Å². The molecule has 0 saturated heterocycles. The zero-order valence-electron chi connectivity index (χ0n) is 12.9. The fraction of sp³-hybridized carbons (Fsp3) is 0.118. The molecular formula is C17H16N2O5. The summed E-state index contributed by atoms with van der Waals surface area (Å²) in [6.07, 6.45) is 4.09. The predicted octanol–water partition coefficient (Wildman–Crippen LogP) is 2.43. The van der Waals surface area contributed by atoms with E-state index in [4.69, 9.17) is 9.15 Å². The Kier molecular flexibility index (Phi) is 5.90. The second kappa shape index (κ2) is 8.33. The molecule has 0 radical (unpaired) electrons.